The lowest BCUT2D eigenvalue weighted by Crippen LogP contribution is -2.31. The molecule has 0 spiro atoms. The minimum absolute atomic E-state index is 0.0180. The van der Waals surface area contributed by atoms with Gasteiger partial charge in [0.05, 0.1) is 35.8 Å². The Morgan fingerprint density at radius 3 is 2.44 bits per heavy atom. The second-order valence-electron chi connectivity index (χ2n) is 11.7. The minimum Gasteiger partial charge on any atom is -0.497 e. The van der Waals surface area contributed by atoms with Crippen molar-refractivity contribution < 1.29 is 14.3 Å². The first-order valence-electron chi connectivity index (χ1n) is 13.6. The second kappa shape index (κ2) is 10.1. The van der Waals surface area contributed by atoms with Crippen molar-refractivity contribution in [1.29, 1.82) is 0 Å². The van der Waals surface area contributed by atoms with E-state index in [1.165, 1.54) is 0 Å². The molecule has 5 rings (SSSR count). The number of nitrogens with zero attached hydrogens (tertiary/aromatic N) is 5. The number of rotatable bonds is 7. The van der Waals surface area contributed by atoms with Gasteiger partial charge in [-0.1, -0.05) is 12.1 Å². The van der Waals surface area contributed by atoms with Crippen LogP contribution in [0.15, 0.2) is 48.8 Å². The van der Waals surface area contributed by atoms with E-state index in [1.807, 2.05) is 51.8 Å². The summed E-state index contributed by atoms with van der Waals surface area (Å²) in [6, 6.07) is 12.1. The number of methoxy groups -OCH3 is 1. The highest BCUT2D eigenvalue weighted by Gasteiger charge is 2.37. The van der Waals surface area contributed by atoms with E-state index in [-0.39, 0.29) is 29.5 Å². The maximum absolute atomic E-state index is 13.1. The topological polar surface area (TPSA) is 74.4 Å². The number of amides is 1. The van der Waals surface area contributed by atoms with Crippen LogP contribution in [0.4, 0.5) is 0 Å². The van der Waals surface area contributed by atoms with E-state index in [9.17, 15) is 4.79 Å². The average Bonchev–Trinajstić information content (AvgIpc) is 3.61. The van der Waals surface area contributed by atoms with Crippen LogP contribution in [-0.2, 0) is 17.4 Å². The van der Waals surface area contributed by atoms with Gasteiger partial charge < -0.3 is 14.4 Å². The van der Waals surface area contributed by atoms with Gasteiger partial charge in [0.15, 0.2) is 0 Å². The van der Waals surface area contributed by atoms with Crippen molar-refractivity contribution in [2.24, 2.45) is 13.0 Å². The Morgan fingerprint density at radius 1 is 1.08 bits per heavy atom. The maximum atomic E-state index is 13.1. The normalized spacial score (nSPS) is 17.6. The van der Waals surface area contributed by atoms with E-state index in [1.54, 1.807) is 7.11 Å². The molecule has 206 valence electrons. The molecule has 1 aliphatic heterocycles. The van der Waals surface area contributed by atoms with Crippen molar-refractivity contribution >= 4 is 16.8 Å². The second-order valence-corrected chi connectivity index (χ2v) is 11.7. The largest absolute Gasteiger partial charge is 0.497 e. The van der Waals surface area contributed by atoms with Gasteiger partial charge in [-0.2, -0.15) is 10.2 Å². The Bertz CT molecular complexity index is 1500. The molecule has 1 saturated heterocycles. The van der Waals surface area contributed by atoms with Gasteiger partial charge >= 0.3 is 0 Å². The highest BCUT2D eigenvalue weighted by Crippen LogP contribution is 2.37. The molecule has 39 heavy (non-hydrogen) atoms. The van der Waals surface area contributed by atoms with Gasteiger partial charge in [0.25, 0.3) is 0 Å². The Labute approximate surface area is 230 Å². The molecule has 1 unspecified atom stereocenters. The van der Waals surface area contributed by atoms with Crippen molar-refractivity contribution in [3.63, 3.8) is 0 Å². The third kappa shape index (κ3) is 5.12. The summed E-state index contributed by atoms with van der Waals surface area (Å²) < 4.78 is 15.8. The lowest BCUT2D eigenvalue weighted by molar-refractivity contribution is -0.129. The van der Waals surface area contributed by atoms with E-state index in [4.69, 9.17) is 14.6 Å². The summed E-state index contributed by atoms with van der Waals surface area (Å²) >= 11 is 0. The Kier molecular flexibility index (Phi) is 6.91. The van der Waals surface area contributed by atoms with Gasteiger partial charge in [0.1, 0.15) is 17.6 Å². The molecule has 3 heterocycles. The van der Waals surface area contributed by atoms with Gasteiger partial charge in [-0.25, -0.2) is 0 Å². The fourth-order valence-corrected chi connectivity index (χ4v) is 5.35. The molecule has 0 bridgehead atoms. The van der Waals surface area contributed by atoms with Gasteiger partial charge in [0.2, 0.25) is 5.91 Å². The molecule has 2 aromatic heterocycles. The molecule has 4 aromatic rings. The van der Waals surface area contributed by atoms with Crippen LogP contribution in [0.3, 0.4) is 0 Å². The third-order valence-corrected chi connectivity index (χ3v) is 8.02. The number of aryl methyl sites for hydroxylation is 2. The van der Waals surface area contributed by atoms with Crippen molar-refractivity contribution in [1.82, 2.24) is 24.5 Å². The first-order chi connectivity index (χ1) is 18.5. The molecule has 0 radical (unpaired) electrons. The number of aromatic nitrogens is 4. The monoisotopic (exact) mass is 529 g/mol. The van der Waals surface area contributed by atoms with Crippen LogP contribution < -0.4 is 9.47 Å². The highest BCUT2D eigenvalue weighted by atomic mass is 16.5. The number of carbonyl (C=O) groups excluding carboxylic acids is 1. The summed E-state index contributed by atoms with van der Waals surface area (Å²) in [7, 11) is 3.61. The zero-order valence-electron chi connectivity index (χ0n) is 24.2. The molecule has 8 nitrogen and oxygen atoms in total. The highest BCUT2D eigenvalue weighted by molar-refractivity contribution is 5.92. The average molecular weight is 530 g/mol. The summed E-state index contributed by atoms with van der Waals surface area (Å²) in [4.78, 5) is 15.1. The number of fused-ring (bicyclic) bond motifs is 1. The Morgan fingerprint density at radius 2 is 1.79 bits per heavy atom. The van der Waals surface area contributed by atoms with Crippen LogP contribution in [0.1, 0.15) is 58.3 Å². The Balaban J connectivity index is 1.40. The number of benzene rings is 2. The molecular weight excluding hydrogens is 490 g/mol. The quantitative estimate of drug-likeness (QED) is 0.299. The fraction of sp³-hybridized carbons (Fsp3) is 0.452. The van der Waals surface area contributed by atoms with Gasteiger partial charge in [-0.15, -0.1) is 0 Å². The maximum Gasteiger partial charge on any atom is 0.223 e. The predicted octanol–water partition coefficient (Wildman–Crippen LogP) is 5.89. The van der Waals surface area contributed by atoms with Gasteiger partial charge in [0, 0.05) is 43.4 Å². The lowest BCUT2D eigenvalue weighted by Gasteiger charge is -2.27. The predicted molar refractivity (Wildman–Crippen MR) is 153 cm³/mol. The van der Waals surface area contributed by atoms with Crippen molar-refractivity contribution in [3.8, 4) is 22.6 Å². The molecular formula is C31H39N5O3. The molecule has 1 amide bonds. The summed E-state index contributed by atoms with van der Waals surface area (Å²) in [6.45, 7) is 13.3. The SMILES string of the molecule is COc1ccc([C@H](C)N2CC([C@@H](C)Oc3cc(-c4cnn(C(C)(C)C)c4)cc4nn(C)c(C)c34)CC2=O)cc1. The van der Waals surface area contributed by atoms with Crippen LogP contribution in [-0.4, -0.2) is 50.1 Å². The summed E-state index contributed by atoms with van der Waals surface area (Å²) in [5, 5.41) is 10.3. The van der Waals surface area contributed by atoms with Crippen LogP contribution in [0.25, 0.3) is 22.0 Å². The van der Waals surface area contributed by atoms with Crippen LogP contribution in [0, 0.1) is 12.8 Å². The number of likely N-dealkylation sites (tertiary alicyclic amines) is 1. The molecule has 1 aliphatic rings. The van der Waals surface area contributed by atoms with E-state index in [0.717, 1.165) is 44.8 Å². The smallest absolute Gasteiger partial charge is 0.223 e. The lowest BCUT2D eigenvalue weighted by atomic mass is 10.0. The van der Waals surface area contributed by atoms with Crippen LogP contribution >= 0.6 is 0 Å². The van der Waals surface area contributed by atoms with Gasteiger partial charge in [-0.3, -0.25) is 14.2 Å². The van der Waals surface area contributed by atoms with Crippen LogP contribution in [0.2, 0.25) is 0 Å². The molecule has 3 atom stereocenters. The summed E-state index contributed by atoms with van der Waals surface area (Å²) in [5.74, 6) is 1.84. The number of carbonyl (C=O) groups is 1. The molecule has 0 saturated carbocycles. The molecule has 2 aromatic carbocycles. The van der Waals surface area contributed by atoms with E-state index < -0.39 is 0 Å². The number of hydrogen-bond donors (Lipinski definition) is 0. The molecule has 8 heteroatoms. The van der Waals surface area contributed by atoms with Crippen LogP contribution in [0.5, 0.6) is 11.5 Å². The molecule has 0 aliphatic carbocycles. The standard InChI is InChI=1S/C31H39N5O3/c1-19(22-9-11-26(38-8)12-10-22)35-17-24(15-29(35)37)21(3)39-28-14-23(13-27-30(28)20(2)34(7)33-27)25-16-32-36(18-25)31(4,5)6/h9-14,16,18-19,21,24H,15,17H2,1-8H3/t19-,21+,24?/m0/s1. The first-order valence-corrected chi connectivity index (χ1v) is 13.6. The number of hydrogen-bond acceptors (Lipinski definition) is 5. The fourth-order valence-electron chi connectivity index (χ4n) is 5.35. The van der Waals surface area contributed by atoms with Crippen molar-refractivity contribution in [2.45, 2.75) is 65.6 Å². The van der Waals surface area contributed by atoms with E-state index in [0.29, 0.717) is 13.0 Å². The third-order valence-electron chi connectivity index (χ3n) is 8.02. The summed E-state index contributed by atoms with van der Waals surface area (Å²) in [5.41, 5.74) is 4.94. The zero-order chi connectivity index (χ0) is 28.1. The minimum atomic E-state index is -0.155. The van der Waals surface area contributed by atoms with Crippen molar-refractivity contribution in [3.05, 3.63) is 60.0 Å². The summed E-state index contributed by atoms with van der Waals surface area (Å²) in [6.07, 6.45) is 4.27. The zero-order valence-corrected chi connectivity index (χ0v) is 24.2. The van der Waals surface area contributed by atoms with E-state index in [2.05, 4.69) is 65.0 Å². The van der Waals surface area contributed by atoms with Crippen molar-refractivity contribution in [2.75, 3.05) is 13.7 Å². The number of ether oxygens (including phenoxy) is 2. The van der Waals surface area contributed by atoms with Gasteiger partial charge in [-0.05, 0) is 76.9 Å². The first kappa shape index (κ1) is 26.8. The van der Waals surface area contributed by atoms with E-state index >= 15 is 0 Å². The Hall–Kier alpha value is -3.81. The molecule has 0 N–H and O–H groups in total. The molecule has 1 fully saturated rings.